The molecule has 2 fully saturated rings. The predicted octanol–water partition coefficient (Wildman–Crippen LogP) is -2.82. The van der Waals surface area contributed by atoms with Gasteiger partial charge in [-0.2, -0.15) is 0 Å². The monoisotopic (exact) mass is 1290 g/mol. The molecule has 1 aromatic carbocycles. The molecule has 92 heavy (non-hydrogen) atoms. The number of likely N-dealkylation sites (tertiary alicyclic amines) is 2. The highest BCUT2D eigenvalue weighted by molar-refractivity contribution is 5.99. The first-order chi connectivity index (χ1) is 43.8. The number of rotatable bonds is 41. The molecule has 10 atom stereocenters. The first-order valence-electron chi connectivity index (χ1n) is 31.8. The van der Waals surface area contributed by atoms with Crippen molar-refractivity contribution in [2.24, 2.45) is 56.0 Å². The number of nitrogens with zero attached hydrogens (tertiary/aromatic N) is 4. The lowest BCUT2D eigenvalue weighted by molar-refractivity contribution is -0.144. The number of carbonyl (C=O) groups is 11. The van der Waals surface area contributed by atoms with Crippen LogP contribution in [0.25, 0.3) is 10.9 Å². The van der Waals surface area contributed by atoms with Crippen LogP contribution in [0, 0.1) is 5.92 Å². The summed E-state index contributed by atoms with van der Waals surface area (Å²) >= 11 is 0. The van der Waals surface area contributed by atoms with Gasteiger partial charge >= 0.3 is 11.9 Å². The normalized spacial score (nSPS) is 17.2. The molecule has 24 N–H and O–H groups in total. The molecule has 0 radical (unpaired) electrons. The molecule has 0 unspecified atom stereocenters. The van der Waals surface area contributed by atoms with Crippen molar-refractivity contribution in [1.82, 2.24) is 52.0 Å². The quantitative estimate of drug-likeness (QED) is 0.0181. The van der Waals surface area contributed by atoms with Gasteiger partial charge < -0.3 is 102 Å². The van der Waals surface area contributed by atoms with Gasteiger partial charge in [-0.1, -0.05) is 45.4 Å². The van der Waals surface area contributed by atoms with Crippen molar-refractivity contribution in [2.75, 3.05) is 39.3 Å². The molecule has 3 heterocycles. The molecule has 0 spiro atoms. The third-order valence-corrected chi connectivity index (χ3v) is 16.1. The number of hydrogen-bond donors (Lipinski definition) is 17. The molecule has 1 aromatic heterocycles. The molecule has 0 aliphatic carbocycles. The third-order valence-electron chi connectivity index (χ3n) is 16.1. The van der Waals surface area contributed by atoms with Gasteiger partial charge in [0.15, 0.2) is 11.9 Å². The van der Waals surface area contributed by atoms with Crippen LogP contribution in [0.5, 0.6) is 0 Å². The number of para-hydroxylation sites is 1. The minimum Gasteiger partial charge on any atom is -0.481 e. The van der Waals surface area contributed by atoms with Gasteiger partial charge in [0.1, 0.15) is 54.4 Å². The van der Waals surface area contributed by atoms with E-state index >= 15 is 0 Å². The summed E-state index contributed by atoms with van der Waals surface area (Å²) in [5.74, 6) is -10.3. The molecule has 2 aliphatic heterocycles. The topological polar surface area (TPSA) is 542 Å². The number of carboxylic acid groups (broad SMARTS) is 2. The molecule has 2 saturated heterocycles. The van der Waals surface area contributed by atoms with E-state index in [0.29, 0.717) is 87.3 Å². The van der Waals surface area contributed by atoms with Crippen LogP contribution in [0.2, 0.25) is 0 Å². The summed E-state index contributed by atoms with van der Waals surface area (Å²) in [6.07, 6.45) is 4.91. The Bertz CT molecular complexity index is 2880. The fourth-order valence-electron chi connectivity index (χ4n) is 11.2. The number of aliphatic carboxylic acids is 2. The van der Waals surface area contributed by atoms with Crippen molar-refractivity contribution >= 4 is 87.9 Å². The summed E-state index contributed by atoms with van der Waals surface area (Å²) in [5.41, 5.74) is 40.8. The fraction of sp³-hybridized carbons (Fsp3) is 0.650. The van der Waals surface area contributed by atoms with Crippen LogP contribution in [-0.4, -0.2) is 202 Å². The molecule has 512 valence electrons. The van der Waals surface area contributed by atoms with E-state index in [0.717, 1.165) is 0 Å². The second-order valence-electron chi connectivity index (χ2n) is 23.7. The lowest BCUT2D eigenvalue weighted by Gasteiger charge is -2.32. The Morgan fingerprint density at radius 3 is 1.60 bits per heavy atom. The Balaban J connectivity index is 1.55. The van der Waals surface area contributed by atoms with E-state index in [4.69, 9.17) is 40.1 Å². The van der Waals surface area contributed by atoms with Gasteiger partial charge in [0.2, 0.25) is 53.2 Å². The van der Waals surface area contributed by atoms with Gasteiger partial charge in [-0.25, -0.2) is 4.79 Å². The second-order valence-corrected chi connectivity index (χ2v) is 23.7. The largest absolute Gasteiger partial charge is 0.481 e. The van der Waals surface area contributed by atoms with Crippen LogP contribution < -0.4 is 77.4 Å². The maximum Gasteiger partial charge on any atom is 0.326 e. The van der Waals surface area contributed by atoms with Gasteiger partial charge in [0, 0.05) is 56.1 Å². The number of nitrogens with two attached hydrogens (primary N) is 7. The summed E-state index contributed by atoms with van der Waals surface area (Å²) < 4.78 is 0. The second kappa shape index (κ2) is 38.9. The van der Waals surface area contributed by atoms with E-state index < -0.39 is 144 Å². The van der Waals surface area contributed by atoms with Crippen LogP contribution in [0.1, 0.15) is 142 Å². The van der Waals surface area contributed by atoms with Crippen LogP contribution in [0.15, 0.2) is 40.4 Å². The van der Waals surface area contributed by atoms with Crippen LogP contribution in [0.3, 0.4) is 0 Å². The van der Waals surface area contributed by atoms with Crippen LogP contribution >= 0.6 is 0 Å². The predicted molar refractivity (Wildman–Crippen MR) is 343 cm³/mol. The van der Waals surface area contributed by atoms with E-state index in [1.54, 1.807) is 51.2 Å². The number of unbranched alkanes of at least 4 members (excludes halogenated alkanes) is 2. The van der Waals surface area contributed by atoms with Gasteiger partial charge in [-0.05, 0) is 133 Å². The maximum atomic E-state index is 14.6. The van der Waals surface area contributed by atoms with E-state index in [-0.39, 0.29) is 89.5 Å². The summed E-state index contributed by atoms with van der Waals surface area (Å²) in [5, 5.41) is 39.2. The Hall–Kier alpha value is -8.65. The Morgan fingerprint density at radius 2 is 1.05 bits per heavy atom. The number of guanidine groups is 2. The third kappa shape index (κ3) is 24.2. The first-order valence-corrected chi connectivity index (χ1v) is 31.8. The van der Waals surface area contributed by atoms with Crippen LogP contribution in [-0.2, 0) is 59.2 Å². The average molecular weight is 1290 g/mol. The van der Waals surface area contributed by atoms with Crippen molar-refractivity contribution in [3.05, 3.63) is 36.0 Å². The highest BCUT2D eigenvalue weighted by atomic mass is 16.4. The van der Waals surface area contributed by atoms with Crippen molar-refractivity contribution in [3.8, 4) is 0 Å². The smallest absolute Gasteiger partial charge is 0.326 e. The summed E-state index contributed by atoms with van der Waals surface area (Å²) in [7, 11) is 0. The Labute approximate surface area is 535 Å². The minimum absolute atomic E-state index is 0.0228. The van der Waals surface area contributed by atoms with E-state index in [1.807, 2.05) is 0 Å². The van der Waals surface area contributed by atoms with Crippen molar-refractivity contribution in [3.63, 3.8) is 0 Å². The number of nitrogens with one attached hydrogen (secondary N) is 8. The number of hydrogen-bond acceptors (Lipinski definition) is 16. The number of carboxylic acids is 2. The Morgan fingerprint density at radius 1 is 0.576 bits per heavy atom. The zero-order valence-corrected chi connectivity index (χ0v) is 53.1. The highest BCUT2D eigenvalue weighted by Gasteiger charge is 2.43. The number of carbonyl (C=O) groups excluding carboxylic acids is 9. The molecule has 2 aromatic rings. The summed E-state index contributed by atoms with van der Waals surface area (Å²) in [6.45, 7) is 6.29. The maximum absolute atomic E-state index is 14.6. The lowest BCUT2D eigenvalue weighted by atomic mass is 10.0. The van der Waals surface area contributed by atoms with Gasteiger partial charge in [-0.3, -0.25) is 57.9 Å². The fourth-order valence-corrected chi connectivity index (χ4v) is 11.2. The molecular weight excluding hydrogens is 1190 g/mol. The van der Waals surface area contributed by atoms with E-state index in [2.05, 4.69) is 52.2 Å². The average Bonchev–Trinajstić information content (AvgIpc) is 1.68. The standard InChI is InChI=1S/C60H99N19O13/c1-4-15-39(49(82)76-44(32-35-33-70-38-18-6-5-16-36(35)38)52(85)72-40(21-12-29-69-60(66)67)50(83)75-43(58(91)92)20-8-10-27-62)71-51(84)41(24-25-47(80)81)73-55(88)48(34(2)3)77-54(87)46-23-14-31-79(46)57(90)42(19-7-9-26-61)74-53(86)45-22-13-30-78(45)56(89)37(63)17-11-28-68-59(64)65/h5-6,16,18,33-34,37,39-46,48,70H,4,7-15,17,19-32,61-63H2,1-3H3,(H,71,84)(H,72,85)(H,73,88)(H,74,86)(H,75,83)(H,76,82)(H,77,87)(H,80,81)(H,91,92)(H4,64,65,68)(H4,66,67,69)/t37-,39-,40-,41-,42-,43-,44-,45-,46-,48-/m0/s1. The lowest BCUT2D eigenvalue weighted by Crippen LogP contribution is -2.61. The number of aromatic amines is 1. The Kier molecular flexibility index (Phi) is 32.1. The van der Waals surface area contributed by atoms with Crippen molar-refractivity contribution in [2.45, 2.75) is 203 Å². The van der Waals surface area contributed by atoms with Gasteiger partial charge in [0.25, 0.3) is 0 Å². The molecule has 32 nitrogen and oxygen atoms in total. The van der Waals surface area contributed by atoms with Crippen LogP contribution in [0.4, 0.5) is 0 Å². The number of H-pyrrole nitrogens is 1. The van der Waals surface area contributed by atoms with E-state index in [1.165, 1.54) is 9.80 Å². The minimum atomic E-state index is -1.60. The molecule has 32 heteroatoms. The van der Waals surface area contributed by atoms with Crippen molar-refractivity contribution < 1.29 is 63.0 Å². The molecule has 0 saturated carbocycles. The summed E-state index contributed by atoms with van der Waals surface area (Å²) in [4.78, 5) is 166. The molecule has 2 aliphatic rings. The SMILES string of the molecule is CCC[C@H](NC(=O)[C@H](CCC(=O)O)NC(=O)[C@@H](NC(=O)[C@@H]1CCCN1C(=O)[C@H](CCCCN)NC(=O)[C@@H]1CCCN1C(=O)[C@@H](N)CCCN=C(N)N)C(C)C)C(=O)N[C@@H](Cc1c[nH]c2ccccc12)C(=O)N[C@@H](CCCN=C(N)N)C(=O)N[C@@H](CCCCN)C(=O)O. The number of benzene rings is 1. The number of aliphatic imine (C=N–C) groups is 2. The molecular formula is C60H99N19O13. The van der Waals surface area contributed by atoms with E-state index in [9.17, 15) is 63.0 Å². The van der Waals surface area contributed by atoms with Crippen molar-refractivity contribution in [1.29, 1.82) is 0 Å². The van der Waals surface area contributed by atoms with Gasteiger partial charge in [-0.15, -0.1) is 0 Å². The van der Waals surface area contributed by atoms with Gasteiger partial charge in [0.05, 0.1) is 6.04 Å². The molecule has 4 rings (SSSR count). The number of amides is 9. The zero-order valence-electron chi connectivity index (χ0n) is 53.1. The number of aromatic nitrogens is 1. The highest BCUT2D eigenvalue weighted by Crippen LogP contribution is 2.24. The molecule has 9 amide bonds. The zero-order chi connectivity index (χ0) is 68.0. The number of fused-ring (bicyclic) bond motifs is 1. The molecule has 0 bridgehead atoms. The summed E-state index contributed by atoms with van der Waals surface area (Å²) in [6, 6.07) is -5.37. The first kappa shape index (κ1) is 75.8.